The van der Waals surface area contributed by atoms with E-state index in [9.17, 15) is 9.59 Å². The molecule has 0 aliphatic heterocycles. The van der Waals surface area contributed by atoms with Gasteiger partial charge in [-0.05, 0) is 31.4 Å². The Morgan fingerprint density at radius 1 is 1.34 bits per heavy atom. The largest absolute Gasteiger partial charge is 0.345 e. The summed E-state index contributed by atoms with van der Waals surface area (Å²) >= 11 is 2.75. The second kappa shape index (κ2) is 7.76. The molecule has 0 spiro atoms. The lowest BCUT2D eigenvalue weighted by atomic mass is 10.2. The minimum atomic E-state index is -0.318. The number of hydrogen-bond acceptors (Lipinski definition) is 6. The Labute approximate surface area is 175 Å². The fraction of sp³-hybridized carbons (Fsp3) is 0.200. The Bertz CT molecular complexity index is 1280. The molecule has 0 atom stereocenters. The summed E-state index contributed by atoms with van der Waals surface area (Å²) in [4.78, 5) is 34.3. The van der Waals surface area contributed by atoms with Crippen molar-refractivity contribution in [2.75, 3.05) is 5.32 Å². The number of nitrogens with one attached hydrogen (secondary N) is 1. The van der Waals surface area contributed by atoms with Gasteiger partial charge in [-0.15, -0.1) is 29.3 Å². The van der Waals surface area contributed by atoms with Crippen LogP contribution in [0.25, 0.3) is 21.5 Å². The van der Waals surface area contributed by atoms with Crippen LogP contribution in [-0.2, 0) is 17.9 Å². The molecule has 148 valence electrons. The summed E-state index contributed by atoms with van der Waals surface area (Å²) in [6.45, 7) is 8.52. The van der Waals surface area contributed by atoms with E-state index < -0.39 is 0 Å². The fourth-order valence-corrected chi connectivity index (χ4v) is 4.69. The van der Waals surface area contributed by atoms with Crippen molar-refractivity contribution in [1.29, 1.82) is 0 Å². The highest BCUT2D eigenvalue weighted by Gasteiger charge is 2.15. The van der Waals surface area contributed by atoms with Crippen LogP contribution in [-0.4, -0.2) is 25.0 Å². The Morgan fingerprint density at radius 2 is 2.17 bits per heavy atom. The fourth-order valence-electron chi connectivity index (χ4n) is 3.24. The average Bonchev–Trinajstić information content (AvgIpc) is 3.40. The van der Waals surface area contributed by atoms with Gasteiger partial charge in [-0.25, -0.2) is 9.97 Å². The predicted molar refractivity (Wildman–Crippen MR) is 118 cm³/mol. The van der Waals surface area contributed by atoms with Crippen LogP contribution < -0.4 is 10.9 Å². The van der Waals surface area contributed by atoms with Gasteiger partial charge in [0.1, 0.15) is 11.4 Å². The van der Waals surface area contributed by atoms with Gasteiger partial charge in [0.15, 0.2) is 5.13 Å². The third kappa shape index (κ3) is 3.66. The Kier molecular flexibility index (Phi) is 5.16. The highest BCUT2D eigenvalue weighted by Crippen LogP contribution is 2.30. The van der Waals surface area contributed by atoms with E-state index >= 15 is 0 Å². The van der Waals surface area contributed by atoms with Gasteiger partial charge in [0.2, 0.25) is 5.91 Å². The molecule has 0 fully saturated rings. The molecule has 4 aromatic rings. The first kappa shape index (κ1) is 19.3. The van der Waals surface area contributed by atoms with E-state index in [0.29, 0.717) is 15.3 Å². The number of hydrogen-bond donors (Lipinski definition) is 1. The van der Waals surface area contributed by atoms with Crippen molar-refractivity contribution in [1.82, 2.24) is 19.1 Å². The number of fused-ring (bicyclic) bond motifs is 1. The standard InChI is InChI=1S/C20H19N5O2S2/c1-4-6-25-12(2)8-15(13(25)3)16-10-29-20(22-16)23-17(26)9-24-11-21-18-14(19(24)27)5-7-28-18/h4-5,7-8,10-11H,1,6,9H2,2-3H3,(H,22,23,26). The molecule has 0 unspecified atom stereocenters. The number of allylic oxidation sites excluding steroid dienone is 1. The summed E-state index contributed by atoms with van der Waals surface area (Å²) in [5.41, 5.74) is 3.86. The van der Waals surface area contributed by atoms with E-state index in [1.807, 2.05) is 30.7 Å². The first-order chi connectivity index (χ1) is 14.0. The molecule has 4 rings (SSSR count). The number of rotatable bonds is 6. The summed E-state index contributed by atoms with van der Waals surface area (Å²) in [5, 5.41) is 7.53. The van der Waals surface area contributed by atoms with Gasteiger partial charge in [0, 0.05) is 28.9 Å². The van der Waals surface area contributed by atoms with Gasteiger partial charge in [-0.1, -0.05) is 6.08 Å². The van der Waals surface area contributed by atoms with Crippen LogP contribution in [0.4, 0.5) is 5.13 Å². The molecule has 0 saturated carbocycles. The first-order valence-corrected chi connectivity index (χ1v) is 10.7. The Hall–Kier alpha value is -3.04. The number of aromatic nitrogens is 4. The van der Waals surface area contributed by atoms with E-state index in [2.05, 4.69) is 32.5 Å². The lowest BCUT2D eigenvalue weighted by molar-refractivity contribution is -0.116. The quantitative estimate of drug-likeness (QED) is 0.476. The van der Waals surface area contributed by atoms with Crippen LogP contribution in [0.3, 0.4) is 0 Å². The molecular formula is C20H19N5O2S2. The summed E-state index contributed by atoms with van der Waals surface area (Å²) in [7, 11) is 0. The minimum Gasteiger partial charge on any atom is -0.345 e. The first-order valence-electron chi connectivity index (χ1n) is 8.94. The van der Waals surface area contributed by atoms with Crippen LogP contribution in [0.1, 0.15) is 11.4 Å². The number of thiazole rings is 1. The molecule has 4 aromatic heterocycles. The number of nitrogens with zero attached hydrogens (tertiary/aromatic N) is 4. The van der Waals surface area contributed by atoms with E-state index in [4.69, 9.17) is 0 Å². The van der Waals surface area contributed by atoms with Crippen LogP contribution in [0.15, 0.2) is 46.7 Å². The van der Waals surface area contributed by atoms with Crippen molar-refractivity contribution in [3.05, 3.63) is 63.6 Å². The second-order valence-electron chi connectivity index (χ2n) is 6.59. The smallest absolute Gasteiger partial charge is 0.262 e. The molecule has 7 nitrogen and oxygen atoms in total. The predicted octanol–water partition coefficient (Wildman–Crippen LogP) is 3.82. The zero-order valence-corrected chi connectivity index (χ0v) is 17.6. The van der Waals surface area contributed by atoms with Gasteiger partial charge in [-0.2, -0.15) is 0 Å². The van der Waals surface area contributed by atoms with Gasteiger partial charge < -0.3 is 9.88 Å². The van der Waals surface area contributed by atoms with Crippen LogP contribution >= 0.6 is 22.7 Å². The van der Waals surface area contributed by atoms with Gasteiger partial charge in [0.25, 0.3) is 5.56 Å². The zero-order valence-electron chi connectivity index (χ0n) is 16.0. The molecule has 0 bridgehead atoms. The van der Waals surface area contributed by atoms with E-state index in [1.54, 1.807) is 6.07 Å². The van der Waals surface area contributed by atoms with Crippen LogP contribution in [0, 0.1) is 13.8 Å². The molecular weight excluding hydrogens is 406 g/mol. The monoisotopic (exact) mass is 425 g/mol. The highest BCUT2D eigenvalue weighted by molar-refractivity contribution is 7.16. The summed E-state index contributed by atoms with van der Waals surface area (Å²) in [6, 6.07) is 3.81. The molecule has 0 saturated heterocycles. The molecule has 29 heavy (non-hydrogen) atoms. The lowest BCUT2D eigenvalue weighted by Crippen LogP contribution is -2.27. The Morgan fingerprint density at radius 3 is 2.97 bits per heavy atom. The maximum atomic E-state index is 12.4. The van der Waals surface area contributed by atoms with E-state index in [0.717, 1.165) is 29.2 Å². The van der Waals surface area contributed by atoms with Crippen molar-refractivity contribution >= 4 is 43.9 Å². The molecule has 1 N–H and O–H groups in total. The van der Waals surface area contributed by atoms with Crippen molar-refractivity contribution in [2.24, 2.45) is 0 Å². The minimum absolute atomic E-state index is 0.111. The van der Waals surface area contributed by atoms with Crippen molar-refractivity contribution < 1.29 is 4.79 Å². The summed E-state index contributed by atoms with van der Waals surface area (Å²) < 4.78 is 3.47. The summed E-state index contributed by atoms with van der Waals surface area (Å²) in [5.74, 6) is -0.318. The number of carbonyl (C=O) groups excluding carboxylic acids is 1. The maximum Gasteiger partial charge on any atom is 0.262 e. The van der Waals surface area contributed by atoms with Gasteiger partial charge in [0.05, 0.1) is 17.4 Å². The van der Waals surface area contributed by atoms with Crippen molar-refractivity contribution in [3.63, 3.8) is 0 Å². The number of anilines is 1. The molecule has 0 aliphatic carbocycles. The van der Waals surface area contributed by atoms with Gasteiger partial charge >= 0.3 is 0 Å². The molecule has 1 amide bonds. The van der Waals surface area contributed by atoms with Crippen LogP contribution in [0.5, 0.6) is 0 Å². The SMILES string of the molecule is C=CCn1c(C)cc(-c2csc(NC(=O)Cn3cnc4sccc4c3=O)n2)c1C. The van der Waals surface area contributed by atoms with Crippen LogP contribution in [0.2, 0.25) is 0 Å². The molecule has 4 heterocycles. The number of amides is 1. The molecule has 9 heteroatoms. The third-order valence-electron chi connectivity index (χ3n) is 4.68. The zero-order chi connectivity index (χ0) is 20.5. The van der Waals surface area contributed by atoms with Gasteiger partial charge in [-0.3, -0.25) is 14.2 Å². The number of thiophene rings is 1. The third-order valence-corrected chi connectivity index (χ3v) is 6.25. The normalized spacial score (nSPS) is 11.1. The molecule has 0 aromatic carbocycles. The molecule has 0 radical (unpaired) electrons. The lowest BCUT2D eigenvalue weighted by Gasteiger charge is -2.06. The highest BCUT2D eigenvalue weighted by atomic mass is 32.1. The topological polar surface area (TPSA) is 81.8 Å². The Balaban J connectivity index is 1.51. The average molecular weight is 426 g/mol. The van der Waals surface area contributed by atoms with Crippen molar-refractivity contribution in [2.45, 2.75) is 26.9 Å². The second-order valence-corrected chi connectivity index (χ2v) is 8.34. The van der Waals surface area contributed by atoms with Crippen molar-refractivity contribution in [3.8, 4) is 11.3 Å². The molecule has 0 aliphatic rings. The number of carbonyl (C=O) groups is 1. The van der Waals surface area contributed by atoms with E-state index in [1.165, 1.54) is 33.6 Å². The maximum absolute atomic E-state index is 12.4. The van der Waals surface area contributed by atoms with E-state index in [-0.39, 0.29) is 18.0 Å². The summed E-state index contributed by atoms with van der Waals surface area (Å²) in [6.07, 6.45) is 3.27. The number of aryl methyl sites for hydroxylation is 1.